The lowest BCUT2D eigenvalue weighted by molar-refractivity contribution is -0.524. The van der Waals surface area contributed by atoms with Crippen molar-refractivity contribution in [3.8, 4) is 0 Å². The number of nitrogens with zero attached hydrogens (tertiary/aromatic N) is 1. The third-order valence-corrected chi connectivity index (χ3v) is 4.86. The summed E-state index contributed by atoms with van der Waals surface area (Å²) >= 11 is 0. The van der Waals surface area contributed by atoms with Crippen molar-refractivity contribution in [3.63, 3.8) is 0 Å². The highest BCUT2D eigenvalue weighted by Gasteiger charge is 2.72. The van der Waals surface area contributed by atoms with E-state index in [2.05, 4.69) is 0 Å². The molecular formula is C16H19NO3. The second kappa shape index (κ2) is 5.00. The van der Waals surface area contributed by atoms with E-state index in [0.717, 1.165) is 37.7 Å². The highest BCUT2D eigenvalue weighted by Crippen LogP contribution is 2.56. The number of ketones is 1. The zero-order chi connectivity index (χ0) is 14.2. The molecule has 0 N–H and O–H groups in total. The van der Waals surface area contributed by atoms with E-state index in [0.29, 0.717) is 6.42 Å². The van der Waals surface area contributed by atoms with Crippen LogP contribution in [0.15, 0.2) is 30.3 Å². The zero-order valence-electron chi connectivity index (χ0n) is 11.5. The normalized spacial score (nSPS) is 29.9. The first-order valence-corrected chi connectivity index (χ1v) is 7.40. The Morgan fingerprint density at radius 3 is 2.40 bits per heavy atom. The van der Waals surface area contributed by atoms with Crippen molar-refractivity contribution >= 4 is 5.78 Å². The number of Topliss-reactive ketones (excluding diaryl/α,β-unsaturated/α-hetero) is 1. The summed E-state index contributed by atoms with van der Waals surface area (Å²) < 4.78 is 0. The molecule has 0 heterocycles. The van der Waals surface area contributed by atoms with E-state index in [-0.39, 0.29) is 22.5 Å². The maximum Gasteiger partial charge on any atom is 0.287 e. The molecule has 0 aromatic heterocycles. The van der Waals surface area contributed by atoms with Crippen LogP contribution in [0, 0.1) is 16.0 Å². The number of hydrogen-bond donors (Lipinski definition) is 0. The van der Waals surface area contributed by atoms with Crippen LogP contribution in [0.25, 0.3) is 0 Å². The Hall–Kier alpha value is -1.71. The van der Waals surface area contributed by atoms with Gasteiger partial charge in [-0.3, -0.25) is 14.9 Å². The van der Waals surface area contributed by atoms with E-state index in [1.54, 1.807) is 0 Å². The maximum absolute atomic E-state index is 12.7. The van der Waals surface area contributed by atoms with Gasteiger partial charge in [-0.15, -0.1) is 0 Å². The Balaban J connectivity index is 1.84. The molecule has 20 heavy (non-hydrogen) atoms. The summed E-state index contributed by atoms with van der Waals surface area (Å²) in [6.07, 6.45) is 5.24. The van der Waals surface area contributed by atoms with Crippen LogP contribution in [0.5, 0.6) is 0 Å². The molecule has 2 aliphatic rings. The van der Waals surface area contributed by atoms with E-state index in [1.807, 2.05) is 30.3 Å². The molecule has 2 aliphatic carbocycles. The fraction of sp³-hybridized carbons (Fsp3) is 0.562. The first kappa shape index (κ1) is 13.3. The van der Waals surface area contributed by atoms with Crippen LogP contribution >= 0.6 is 0 Å². The average molecular weight is 273 g/mol. The highest BCUT2D eigenvalue weighted by molar-refractivity contribution is 5.93. The van der Waals surface area contributed by atoms with Crippen molar-refractivity contribution in [1.82, 2.24) is 0 Å². The molecule has 2 fully saturated rings. The molecule has 0 amide bonds. The lowest BCUT2D eigenvalue weighted by Crippen LogP contribution is -2.39. The minimum atomic E-state index is -1.33. The molecule has 0 bridgehead atoms. The Morgan fingerprint density at radius 1 is 1.15 bits per heavy atom. The van der Waals surface area contributed by atoms with Gasteiger partial charge in [0.15, 0.2) is 0 Å². The maximum atomic E-state index is 12.7. The van der Waals surface area contributed by atoms with Gasteiger partial charge in [0.05, 0.1) is 5.92 Å². The number of hydrogen-bond acceptors (Lipinski definition) is 3. The van der Waals surface area contributed by atoms with E-state index in [4.69, 9.17) is 0 Å². The van der Waals surface area contributed by atoms with E-state index >= 15 is 0 Å². The largest absolute Gasteiger partial charge is 0.291 e. The third kappa shape index (κ3) is 2.03. The molecular weight excluding hydrogens is 254 g/mol. The lowest BCUT2D eigenvalue weighted by atomic mass is 9.82. The first-order valence-electron chi connectivity index (χ1n) is 7.40. The van der Waals surface area contributed by atoms with Gasteiger partial charge in [-0.2, -0.15) is 0 Å². The summed E-state index contributed by atoms with van der Waals surface area (Å²) in [5.41, 5.74) is -0.406. The Bertz CT molecular complexity index is 522. The predicted octanol–water partition coefficient (Wildman–Crippen LogP) is 3.34. The standard InChI is InChI=1S/C16H19NO3/c18-15(13-9-5-2-6-10-13)16(17(19)20)11-14(16)12-7-3-1-4-8-12/h1,3-4,7-8,13-14H,2,5-6,9-11H2/t14?,16-/m0/s1. The van der Waals surface area contributed by atoms with E-state index in [9.17, 15) is 14.9 Å². The summed E-state index contributed by atoms with van der Waals surface area (Å²) in [5, 5.41) is 11.5. The number of nitro groups is 1. The first-order chi connectivity index (χ1) is 9.66. The summed E-state index contributed by atoms with van der Waals surface area (Å²) in [7, 11) is 0. The summed E-state index contributed by atoms with van der Waals surface area (Å²) in [5.74, 6) is -0.438. The number of benzene rings is 1. The van der Waals surface area contributed by atoms with Crippen LogP contribution in [0.3, 0.4) is 0 Å². The van der Waals surface area contributed by atoms with E-state index in [1.165, 1.54) is 0 Å². The molecule has 1 aromatic carbocycles. The molecule has 4 nitrogen and oxygen atoms in total. The van der Waals surface area contributed by atoms with Crippen LogP contribution in [0.1, 0.15) is 50.0 Å². The molecule has 1 aromatic rings. The number of carbonyl (C=O) groups excluding carboxylic acids is 1. The topological polar surface area (TPSA) is 60.2 Å². The molecule has 2 atom stereocenters. The van der Waals surface area contributed by atoms with Crippen LogP contribution in [-0.2, 0) is 4.79 Å². The van der Waals surface area contributed by atoms with Gasteiger partial charge in [0.25, 0.3) is 5.54 Å². The molecule has 0 radical (unpaired) electrons. The van der Waals surface area contributed by atoms with Crippen LogP contribution in [0.4, 0.5) is 0 Å². The molecule has 0 spiro atoms. The average Bonchev–Trinajstić information content (AvgIpc) is 3.25. The van der Waals surface area contributed by atoms with Gasteiger partial charge in [0.1, 0.15) is 0 Å². The quantitative estimate of drug-likeness (QED) is 0.624. The van der Waals surface area contributed by atoms with Gasteiger partial charge in [0.2, 0.25) is 5.78 Å². The SMILES string of the molecule is O=C(C1CCCCC1)[C@]1([N+](=O)[O-])CC1c1ccccc1. The van der Waals surface area contributed by atoms with Gasteiger partial charge in [-0.1, -0.05) is 49.6 Å². The Morgan fingerprint density at radius 2 is 1.80 bits per heavy atom. The molecule has 3 rings (SSSR count). The Kier molecular flexibility index (Phi) is 3.32. The predicted molar refractivity (Wildman–Crippen MR) is 75.1 cm³/mol. The molecule has 2 saturated carbocycles. The molecule has 1 unspecified atom stereocenters. The van der Waals surface area contributed by atoms with Gasteiger partial charge >= 0.3 is 0 Å². The van der Waals surface area contributed by atoms with Crippen molar-refractivity contribution in [2.24, 2.45) is 5.92 Å². The van der Waals surface area contributed by atoms with Crippen LogP contribution in [-0.4, -0.2) is 16.2 Å². The minimum absolute atomic E-state index is 0.0946. The van der Waals surface area contributed by atoms with Crippen molar-refractivity contribution in [2.75, 3.05) is 0 Å². The highest BCUT2D eigenvalue weighted by atomic mass is 16.6. The minimum Gasteiger partial charge on any atom is -0.291 e. The van der Waals surface area contributed by atoms with Gasteiger partial charge in [-0.25, -0.2) is 0 Å². The van der Waals surface area contributed by atoms with Crippen LogP contribution < -0.4 is 0 Å². The zero-order valence-corrected chi connectivity index (χ0v) is 11.5. The van der Waals surface area contributed by atoms with Crippen molar-refractivity contribution < 1.29 is 9.72 Å². The summed E-state index contributed by atoms with van der Waals surface area (Å²) in [6, 6.07) is 9.43. The summed E-state index contributed by atoms with van der Waals surface area (Å²) in [6.45, 7) is 0. The van der Waals surface area contributed by atoms with Crippen molar-refractivity contribution in [1.29, 1.82) is 0 Å². The van der Waals surface area contributed by atoms with E-state index < -0.39 is 5.54 Å². The second-order valence-electron chi connectivity index (χ2n) is 6.05. The third-order valence-electron chi connectivity index (χ3n) is 4.86. The molecule has 106 valence electrons. The smallest absolute Gasteiger partial charge is 0.287 e. The monoisotopic (exact) mass is 273 g/mol. The van der Waals surface area contributed by atoms with Gasteiger partial charge in [0, 0.05) is 17.3 Å². The van der Waals surface area contributed by atoms with Crippen LogP contribution in [0.2, 0.25) is 0 Å². The Labute approximate surface area is 118 Å². The van der Waals surface area contributed by atoms with Crippen molar-refractivity contribution in [3.05, 3.63) is 46.0 Å². The lowest BCUT2D eigenvalue weighted by Gasteiger charge is -2.22. The molecule has 0 saturated heterocycles. The van der Waals surface area contributed by atoms with Gasteiger partial charge in [-0.05, 0) is 18.4 Å². The fourth-order valence-electron chi connectivity index (χ4n) is 3.61. The summed E-state index contributed by atoms with van der Waals surface area (Å²) in [4.78, 5) is 23.9. The second-order valence-corrected chi connectivity index (χ2v) is 6.05. The molecule has 0 aliphatic heterocycles. The van der Waals surface area contributed by atoms with Crippen molar-refractivity contribution in [2.45, 2.75) is 50.0 Å². The molecule has 4 heteroatoms. The number of rotatable bonds is 4. The van der Waals surface area contributed by atoms with Gasteiger partial charge < -0.3 is 0 Å². The number of carbonyl (C=O) groups is 1. The fourth-order valence-corrected chi connectivity index (χ4v) is 3.61.